The molecular formula is C16H21NO4. The number of amides is 1. The molecule has 0 saturated heterocycles. The molecule has 0 radical (unpaired) electrons. The van der Waals surface area contributed by atoms with E-state index in [1.54, 1.807) is 44.6 Å². The second kappa shape index (κ2) is 9.61. The average Bonchev–Trinajstić information content (AvgIpc) is 2.48. The van der Waals surface area contributed by atoms with Gasteiger partial charge in [0, 0.05) is 24.9 Å². The molecule has 0 heterocycles. The summed E-state index contributed by atoms with van der Waals surface area (Å²) in [7, 11) is 3.17. The first-order valence-electron chi connectivity index (χ1n) is 6.61. The van der Waals surface area contributed by atoms with Crippen LogP contribution in [0.3, 0.4) is 0 Å². The average molecular weight is 291 g/mol. The van der Waals surface area contributed by atoms with Crippen LogP contribution in [0.1, 0.15) is 6.92 Å². The van der Waals surface area contributed by atoms with Crippen LogP contribution in [0.5, 0.6) is 11.5 Å². The molecule has 0 atom stereocenters. The van der Waals surface area contributed by atoms with E-state index in [2.05, 4.69) is 5.32 Å². The summed E-state index contributed by atoms with van der Waals surface area (Å²) in [5, 5.41) is 2.76. The number of hydrogen-bond acceptors (Lipinski definition) is 4. The molecule has 5 nitrogen and oxygen atoms in total. The molecule has 0 unspecified atom stereocenters. The van der Waals surface area contributed by atoms with E-state index >= 15 is 0 Å². The number of allylic oxidation sites excluding steroid dienone is 3. The van der Waals surface area contributed by atoms with Crippen molar-refractivity contribution in [1.29, 1.82) is 0 Å². The Kier molecular flexibility index (Phi) is 7.68. The Morgan fingerprint density at radius 3 is 2.67 bits per heavy atom. The monoisotopic (exact) mass is 291 g/mol. The van der Waals surface area contributed by atoms with Crippen molar-refractivity contribution in [2.75, 3.05) is 32.8 Å². The minimum atomic E-state index is -0.207. The van der Waals surface area contributed by atoms with Crippen LogP contribution in [0, 0.1) is 0 Å². The van der Waals surface area contributed by atoms with Gasteiger partial charge in [0.1, 0.15) is 6.61 Å². The predicted molar refractivity (Wildman–Crippen MR) is 82.9 cm³/mol. The number of methoxy groups -OCH3 is 2. The minimum absolute atomic E-state index is 0.207. The largest absolute Gasteiger partial charge is 0.493 e. The van der Waals surface area contributed by atoms with Gasteiger partial charge in [-0.05, 0) is 19.1 Å². The lowest BCUT2D eigenvalue weighted by Crippen LogP contribution is -2.09. The van der Waals surface area contributed by atoms with Gasteiger partial charge in [-0.25, -0.2) is 0 Å². The molecule has 0 saturated carbocycles. The topological polar surface area (TPSA) is 56.8 Å². The Balaban J connectivity index is 2.74. The predicted octanol–water partition coefficient (Wildman–Crippen LogP) is 2.79. The van der Waals surface area contributed by atoms with E-state index < -0.39 is 0 Å². The number of nitrogens with one attached hydrogen (secondary N) is 1. The van der Waals surface area contributed by atoms with E-state index in [9.17, 15) is 4.79 Å². The summed E-state index contributed by atoms with van der Waals surface area (Å²) in [5.41, 5.74) is 0.637. The van der Waals surface area contributed by atoms with Crippen LogP contribution in [-0.2, 0) is 9.53 Å². The van der Waals surface area contributed by atoms with Crippen molar-refractivity contribution in [1.82, 2.24) is 0 Å². The third kappa shape index (κ3) is 6.14. The first-order valence-corrected chi connectivity index (χ1v) is 6.61. The van der Waals surface area contributed by atoms with Gasteiger partial charge in [0.2, 0.25) is 5.91 Å². The summed E-state index contributed by atoms with van der Waals surface area (Å²) >= 11 is 0. The number of carbonyl (C=O) groups excluding carboxylic acids is 1. The van der Waals surface area contributed by atoms with Gasteiger partial charge in [0.15, 0.2) is 11.5 Å². The molecule has 0 aromatic heterocycles. The van der Waals surface area contributed by atoms with E-state index in [1.807, 2.05) is 13.0 Å². The second-order valence-electron chi connectivity index (χ2n) is 4.08. The Morgan fingerprint density at radius 1 is 1.19 bits per heavy atom. The molecule has 0 spiro atoms. The van der Waals surface area contributed by atoms with Gasteiger partial charge >= 0.3 is 0 Å². The van der Waals surface area contributed by atoms with Crippen LogP contribution < -0.4 is 14.8 Å². The smallest absolute Gasteiger partial charge is 0.248 e. The summed E-state index contributed by atoms with van der Waals surface area (Å²) in [4.78, 5) is 11.7. The van der Waals surface area contributed by atoms with Crippen molar-refractivity contribution in [3.8, 4) is 11.5 Å². The third-order valence-corrected chi connectivity index (χ3v) is 2.53. The highest BCUT2D eigenvalue weighted by molar-refractivity contribution is 5.99. The lowest BCUT2D eigenvalue weighted by molar-refractivity contribution is -0.111. The molecule has 1 aromatic rings. The Labute approximate surface area is 125 Å². The minimum Gasteiger partial charge on any atom is -0.493 e. The van der Waals surface area contributed by atoms with Crippen LogP contribution in [0.25, 0.3) is 0 Å². The summed E-state index contributed by atoms with van der Waals surface area (Å²) < 4.78 is 15.7. The first kappa shape index (κ1) is 16.8. The SMILES string of the molecule is C/C=C/C=C/C(=O)Nc1ccc(OC)c(OCCOC)c1. The van der Waals surface area contributed by atoms with Gasteiger partial charge in [0.05, 0.1) is 13.7 Å². The zero-order valence-corrected chi connectivity index (χ0v) is 12.6. The zero-order valence-electron chi connectivity index (χ0n) is 12.6. The van der Waals surface area contributed by atoms with Crippen molar-refractivity contribution < 1.29 is 19.0 Å². The Hall–Kier alpha value is -2.27. The van der Waals surface area contributed by atoms with Crippen LogP contribution in [-0.4, -0.2) is 33.3 Å². The highest BCUT2D eigenvalue weighted by atomic mass is 16.5. The van der Waals surface area contributed by atoms with E-state index in [0.29, 0.717) is 30.4 Å². The third-order valence-electron chi connectivity index (χ3n) is 2.53. The molecule has 0 fully saturated rings. The first-order chi connectivity index (χ1) is 10.2. The maximum Gasteiger partial charge on any atom is 0.248 e. The molecule has 114 valence electrons. The van der Waals surface area contributed by atoms with Gasteiger partial charge in [-0.15, -0.1) is 0 Å². The summed E-state index contributed by atoms with van der Waals surface area (Å²) in [6.07, 6.45) is 6.76. The lowest BCUT2D eigenvalue weighted by atomic mass is 10.2. The van der Waals surface area contributed by atoms with Crippen molar-refractivity contribution in [2.45, 2.75) is 6.92 Å². The molecule has 1 rings (SSSR count). The van der Waals surface area contributed by atoms with E-state index in [4.69, 9.17) is 14.2 Å². The fourth-order valence-electron chi connectivity index (χ4n) is 1.54. The van der Waals surface area contributed by atoms with Crippen LogP contribution in [0.2, 0.25) is 0 Å². The molecule has 0 aliphatic rings. The maximum atomic E-state index is 11.7. The number of benzene rings is 1. The molecule has 1 N–H and O–H groups in total. The quantitative estimate of drug-likeness (QED) is 0.454. The van der Waals surface area contributed by atoms with Crippen LogP contribution in [0.15, 0.2) is 42.5 Å². The summed E-state index contributed by atoms with van der Waals surface area (Å²) in [5.74, 6) is 0.958. The standard InChI is InChI=1S/C16H21NO4/c1-4-5-6-7-16(18)17-13-8-9-14(20-3)15(12-13)21-11-10-19-2/h4-9,12H,10-11H2,1-3H3,(H,17,18)/b5-4+,7-6+. The summed E-state index contributed by atoms with van der Waals surface area (Å²) in [6, 6.07) is 5.21. The fourth-order valence-corrected chi connectivity index (χ4v) is 1.54. The van der Waals surface area contributed by atoms with Gasteiger partial charge in [0.25, 0.3) is 0 Å². The van der Waals surface area contributed by atoms with Gasteiger partial charge < -0.3 is 19.5 Å². The van der Waals surface area contributed by atoms with Gasteiger partial charge in [-0.1, -0.05) is 18.2 Å². The number of hydrogen-bond donors (Lipinski definition) is 1. The Bertz CT molecular complexity index is 509. The number of ether oxygens (including phenoxy) is 3. The normalized spacial score (nSPS) is 11.0. The highest BCUT2D eigenvalue weighted by Gasteiger charge is 2.07. The van der Waals surface area contributed by atoms with Crippen molar-refractivity contribution in [3.05, 3.63) is 42.5 Å². The highest BCUT2D eigenvalue weighted by Crippen LogP contribution is 2.30. The van der Waals surface area contributed by atoms with Crippen molar-refractivity contribution in [2.24, 2.45) is 0 Å². The second-order valence-corrected chi connectivity index (χ2v) is 4.08. The van der Waals surface area contributed by atoms with Crippen LogP contribution in [0.4, 0.5) is 5.69 Å². The maximum absolute atomic E-state index is 11.7. The van der Waals surface area contributed by atoms with Crippen molar-refractivity contribution in [3.63, 3.8) is 0 Å². The number of anilines is 1. The van der Waals surface area contributed by atoms with E-state index in [-0.39, 0.29) is 5.91 Å². The van der Waals surface area contributed by atoms with E-state index in [0.717, 1.165) is 0 Å². The fraction of sp³-hybridized carbons (Fsp3) is 0.312. The molecule has 0 aliphatic carbocycles. The van der Waals surface area contributed by atoms with Crippen LogP contribution >= 0.6 is 0 Å². The Morgan fingerprint density at radius 2 is 2.00 bits per heavy atom. The molecule has 0 aliphatic heterocycles. The molecule has 1 amide bonds. The van der Waals surface area contributed by atoms with Gasteiger partial charge in [-0.3, -0.25) is 4.79 Å². The van der Waals surface area contributed by atoms with Gasteiger partial charge in [-0.2, -0.15) is 0 Å². The number of rotatable bonds is 8. The number of carbonyl (C=O) groups is 1. The lowest BCUT2D eigenvalue weighted by Gasteiger charge is -2.12. The summed E-state index contributed by atoms with van der Waals surface area (Å²) in [6.45, 7) is 2.77. The molecule has 1 aromatic carbocycles. The van der Waals surface area contributed by atoms with Crippen molar-refractivity contribution >= 4 is 11.6 Å². The van der Waals surface area contributed by atoms with E-state index in [1.165, 1.54) is 6.08 Å². The zero-order chi connectivity index (χ0) is 15.5. The molecule has 21 heavy (non-hydrogen) atoms. The molecular weight excluding hydrogens is 270 g/mol. The molecule has 0 bridgehead atoms. The molecule has 5 heteroatoms.